The molecule has 2 amide bonds. The van der Waals surface area contributed by atoms with E-state index in [-0.39, 0.29) is 18.9 Å². The van der Waals surface area contributed by atoms with E-state index < -0.39 is 5.91 Å². The van der Waals surface area contributed by atoms with Crippen LogP contribution in [0, 0.1) is 0 Å². The fourth-order valence-electron chi connectivity index (χ4n) is 2.41. The van der Waals surface area contributed by atoms with Gasteiger partial charge in [-0.2, -0.15) is 0 Å². The lowest BCUT2D eigenvalue weighted by Crippen LogP contribution is -2.44. The van der Waals surface area contributed by atoms with Crippen LogP contribution in [0.2, 0.25) is 5.02 Å². The van der Waals surface area contributed by atoms with Gasteiger partial charge in [-0.05, 0) is 40.6 Å². The summed E-state index contributed by atoms with van der Waals surface area (Å²) in [4.78, 5) is 23.6. The molecule has 132 valence electrons. The van der Waals surface area contributed by atoms with Gasteiger partial charge in [-0.15, -0.1) is 0 Å². The quantitative estimate of drug-likeness (QED) is 0.679. The van der Waals surface area contributed by atoms with E-state index in [9.17, 15) is 9.59 Å². The Balaban J connectivity index is 1.44. The minimum Gasteiger partial charge on any atom is -0.484 e. The van der Waals surface area contributed by atoms with Crippen LogP contribution in [0.4, 0.5) is 0 Å². The number of ether oxygens (including phenoxy) is 1. The molecule has 26 heavy (non-hydrogen) atoms. The zero-order valence-electron chi connectivity index (χ0n) is 13.9. The van der Waals surface area contributed by atoms with Gasteiger partial charge < -0.3 is 4.74 Å². The molecule has 6 heteroatoms. The minimum absolute atomic E-state index is 0.142. The monoisotopic (exact) mass is 368 g/mol. The van der Waals surface area contributed by atoms with Crippen molar-refractivity contribution in [2.45, 2.75) is 6.42 Å². The molecule has 0 aliphatic carbocycles. The number of benzene rings is 3. The van der Waals surface area contributed by atoms with Crippen LogP contribution in [-0.4, -0.2) is 18.4 Å². The molecule has 5 nitrogen and oxygen atoms in total. The second-order valence-corrected chi connectivity index (χ2v) is 6.13. The molecule has 3 rings (SSSR count). The van der Waals surface area contributed by atoms with Gasteiger partial charge >= 0.3 is 0 Å². The van der Waals surface area contributed by atoms with Gasteiger partial charge in [0, 0.05) is 5.02 Å². The van der Waals surface area contributed by atoms with Gasteiger partial charge in [-0.25, -0.2) is 0 Å². The topological polar surface area (TPSA) is 67.4 Å². The summed E-state index contributed by atoms with van der Waals surface area (Å²) in [5.41, 5.74) is 5.49. The number of amides is 2. The van der Waals surface area contributed by atoms with Gasteiger partial charge in [0.1, 0.15) is 5.75 Å². The standard InChI is InChI=1S/C20H17ClN2O3/c21-17-8-5-14(6-9-17)11-19(24)22-23-20(25)13-26-18-10-7-15-3-1-2-4-16(15)12-18/h1-10,12H,11,13H2,(H,22,24)(H,23,25). The first-order valence-corrected chi connectivity index (χ1v) is 8.42. The maximum Gasteiger partial charge on any atom is 0.276 e. The van der Waals surface area contributed by atoms with Crippen molar-refractivity contribution >= 4 is 34.2 Å². The smallest absolute Gasteiger partial charge is 0.276 e. The highest BCUT2D eigenvalue weighted by atomic mass is 35.5. The molecule has 0 radical (unpaired) electrons. The maximum absolute atomic E-state index is 11.8. The Kier molecular flexibility index (Phi) is 5.71. The lowest BCUT2D eigenvalue weighted by atomic mass is 10.1. The lowest BCUT2D eigenvalue weighted by molar-refractivity contribution is -0.129. The number of fused-ring (bicyclic) bond motifs is 1. The van der Waals surface area contributed by atoms with Crippen LogP contribution in [0.3, 0.4) is 0 Å². The molecule has 0 unspecified atom stereocenters. The highest BCUT2D eigenvalue weighted by molar-refractivity contribution is 6.30. The zero-order valence-corrected chi connectivity index (χ0v) is 14.6. The average Bonchev–Trinajstić information content (AvgIpc) is 2.66. The van der Waals surface area contributed by atoms with Crippen molar-refractivity contribution in [2.75, 3.05) is 6.61 Å². The molecule has 0 spiro atoms. The molecular formula is C20H17ClN2O3. The number of carbonyl (C=O) groups excluding carboxylic acids is 2. The Labute approximate surface area is 155 Å². The number of halogens is 1. The first-order chi connectivity index (χ1) is 12.6. The van der Waals surface area contributed by atoms with Gasteiger partial charge in [-0.1, -0.05) is 54.1 Å². The summed E-state index contributed by atoms with van der Waals surface area (Å²) in [7, 11) is 0. The second-order valence-electron chi connectivity index (χ2n) is 5.70. The second kappa shape index (κ2) is 8.36. The molecule has 0 fully saturated rings. The Morgan fingerprint density at radius 1 is 0.846 bits per heavy atom. The largest absolute Gasteiger partial charge is 0.484 e. The number of nitrogens with one attached hydrogen (secondary N) is 2. The molecule has 0 aromatic heterocycles. The Morgan fingerprint density at radius 3 is 2.31 bits per heavy atom. The first kappa shape index (κ1) is 17.8. The van der Waals surface area contributed by atoms with Crippen LogP contribution in [0.25, 0.3) is 10.8 Å². The van der Waals surface area contributed by atoms with Crippen LogP contribution >= 0.6 is 11.6 Å². The van der Waals surface area contributed by atoms with Crippen molar-refractivity contribution in [3.05, 3.63) is 77.3 Å². The fourth-order valence-corrected chi connectivity index (χ4v) is 2.54. The molecule has 3 aromatic carbocycles. The van der Waals surface area contributed by atoms with Gasteiger partial charge in [0.25, 0.3) is 5.91 Å². The number of hydrogen-bond acceptors (Lipinski definition) is 3. The van der Waals surface area contributed by atoms with Crippen molar-refractivity contribution in [3.63, 3.8) is 0 Å². The summed E-state index contributed by atoms with van der Waals surface area (Å²) in [5, 5.41) is 2.73. The van der Waals surface area contributed by atoms with Crippen molar-refractivity contribution in [1.29, 1.82) is 0 Å². The van der Waals surface area contributed by atoms with Crippen LogP contribution in [0.15, 0.2) is 66.7 Å². The number of hydrazine groups is 1. The van der Waals surface area contributed by atoms with E-state index in [0.717, 1.165) is 16.3 Å². The van der Waals surface area contributed by atoms with E-state index >= 15 is 0 Å². The highest BCUT2D eigenvalue weighted by Gasteiger charge is 2.07. The van der Waals surface area contributed by atoms with Crippen molar-refractivity contribution in [1.82, 2.24) is 10.9 Å². The molecule has 0 saturated heterocycles. The van der Waals surface area contributed by atoms with Gasteiger partial charge in [0.05, 0.1) is 6.42 Å². The van der Waals surface area contributed by atoms with Gasteiger partial charge in [-0.3, -0.25) is 20.4 Å². The average molecular weight is 369 g/mol. The summed E-state index contributed by atoms with van der Waals surface area (Å²) in [6.45, 7) is -0.195. The van der Waals surface area contributed by atoms with E-state index in [4.69, 9.17) is 16.3 Å². The summed E-state index contributed by atoms with van der Waals surface area (Å²) in [6, 6.07) is 20.4. The third-order valence-electron chi connectivity index (χ3n) is 3.71. The van der Waals surface area contributed by atoms with Crippen LogP contribution in [0.1, 0.15) is 5.56 Å². The van der Waals surface area contributed by atoms with E-state index in [1.165, 1.54) is 0 Å². The first-order valence-electron chi connectivity index (χ1n) is 8.04. The lowest BCUT2D eigenvalue weighted by Gasteiger charge is -2.09. The predicted octanol–water partition coefficient (Wildman–Crippen LogP) is 3.26. The molecule has 0 aliphatic heterocycles. The summed E-state index contributed by atoms with van der Waals surface area (Å²) in [5.74, 6) is -0.180. The normalized spacial score (nSPS) is 10.3. The van der Waals surface area contributed by atoms with Crippen LogP contribution in [0.5, 0.6) is 5.75 Å². The summed E-state index contributed by atoms with van der Waals surface area (Å²) < 4.78 is 5.46. The Bertz CT molecular complexity index is 926. The van der Waals surface area contributed by atoms with Crippen molar-refractivity contribution in [3.8, 4) is 5.75 Å². The van der Waals surface area contributed by atoms with Crippen molar-refractivity contribution in [2.24, 2.45) is 0 Å². The summed E-state index contributed by atoms with van der Waals surface area (Å²) >= 11 is 5.80. The highest BCUT2D eigenvalue weighted by Crippen LogP contribution is 2.20. The van der Waals surface area contributed by atoms with E-state index in [0.29, 0.717) is 10.8 Å². The number of carbonyl (C=O) groups is 2. The molecule has 0 aliphatic rings. The molecule has 0 heterocycles. The third-order valence-corrected chi connectivity index (χ3v) is 3.96. The number of hydrogen-bond donors (Lipinski definition) is 2. The van der Waals surface area contributed by atoms with Crippen LogP contribution in [-0.2, 0) is 16.0 Å². The van der Waals surface area contributed by atoms with E-state index in [1.807, 2.05) is 36.4 Å². The Hall–Kier alpha value is -3.05. The molecule has 2 N–H and O–H groups in total. The van der Waals surface area contributed by atoms with Gasteiger partial charge in [0.15, 0.2) is 6.61 Å². The van der Waals surface area contributed by atoms with Crippen molar-refractivity contribution < 1.29 is 14.3 Å². The van der Waals surface area contributed by atoms with E-state index in [2.05, 4.69) is 10.9 Å². The molecule has 3 aromatic rings. The molecule has 0 bridgehead atoms. The number of rotatable bonds is 5. The SMILES string of the molecule is O=C(COc1ccc2ccccc2c1)NNC(=O)Cc1ccc(Cl)cc1. The molecule has 0 atom stereocenters. The predicted molar refractivity (Wildman–Crippen MR) is 101 cm³/mol. The maximum atomic E-state index is 11.8. The van der Waals surface area contributed by atoms with E-state index in [1.54, 1.807) is 30.3 Å². The minimum atomic E-state index is -0.442. The molecule has 0 saturated carbocycles. The fraction of sp³-hybridized carbons (Fsp3) is 0.100. The van der Waals surface area contributed by atoms with Gasteiger partial charge in [0.2, 0.25) is 5.91 Å². The summed E-state index contributed by atoms with van der Waals surface area (Å²) in [6.07, 6.45) is 0.142. The third kappa shape index (κ3) is 4.97. The Morgan fingerprint density at radius 2 is 1.54 bits per heavy atom. The molecular weight excluding hydrogens is 352 g/mol. The van der Waals surface area contributed by atoms with Crippen LogP contribution < -0.4 is 15.6 Å². The zero-order chi connectivity index (χ0) is 18.4.